The molecule has 8 heteroatoms. The third-order valence-electron chi connectivity index (χ3n) is 10.4. The summed E-state index contributed by atoms with van der Waals surface area (Å²) in [6, 6.07) is 27.9. The molecule has 10 rings (SSSR count). The Morgan fingerprint density at radius 1 is 0.578 bits per heavy atom. The van der Waals surface area contributed by atoms with E-state index in [1.54, 1.807) is 16.9 Å². The van der Waals surface area contributed by atoms with E-state index in [2.05, 4.69) is 105 Å². The van der Waals surface area contributed by atoms with Gasteiger partial charge >= 0.3 is 276 Å². The van der Waals surface area contributed by atoms with E-state index in [0.29, 0.717) is 0 Å². The molecule has 0 radical (unpaired) electrons. The van der Waals surface area contributed by atoms with Crippen molar-refractivity contribution in [3.05, 3.63) is 84.4 Å². The molecule has 0 spiro atoms. The minimum atomic E-state index is -2.49. The summed E-state index contributed by atoms with van der Waals surface area (Å²) in [6.07, 6.45) is 0. The van der Waals surface area contributed by atoms with Crippen LogP contribution in [0.5, 0.6) is 0 Å². The van der Waals surface area contributed by atoms with Crippen molar-refractivity contribution in [2.45, 2.75) is 36.9 Å². The predicted octanol–water partition coefficient (Wildman–Crippen LogP) is 7.62. The zero-order valence-corrected chi connectivity index (χ0v) is 31.9. The molecular formula is C37H30Ge2N4S2. The number of thiophene rings is 2. The van der Waals surface area contributed by atoms with Crippen molar-refractivity contribution in [1.29, 1.82) is 0 Å². The maximum absolute atomic E-state index is 5.02. The molecule has 0 N–H and O–H groups in total. The Hall–Kier alpha value is -3.30. The molecular weight excluding hydrogens is 710 g/mol. The van der Waals surface area contributed by atoms with Gasteiger partial charge in [-0.15, -0.1) is 0 Å². The Morgan fingerprint density at radius 3 is 1.82 bits per heavy atom. The first kappa shape index (κ1) is 26.9. The second-order valence-electron chi connectivity index (χ2n) is 13.7. The van der Waals surface area contributed by atoms with Crippen LogP contribution in [0, 0.1) is 13.8 Å². The monoisotopic (exact) mass is 742 g/mol. The Bertz CT molecular complexity index is 2600. The average molecular weight is 740 g/mol. The van der Waals surface area contributed by atoms with Gasteiger partial charge in [0.1, 0.15) is 0 Å². The molecule has 218 valence electrons. The topological polar surface area (TPSA) is 43.6 Å². The molecule has 0 saturated heterocycles. The molecule has 0 fully saturated rings. The number of nitrogens with zero attached hydrogens (tertiary/aromatic N) is 4. The molecule has 6 heterocycles. The van der Waals surface area contributed by atoms with E-state index in [1.807, 2.05) is 36.5 Å². The van der Waals surface area contributed by atoms with Gasteiger partial charge in [0, 0.05) is 0 Å². The molecule has 0 atom stereocenters. The van der Waals surface area contributed by atoms with Crippen molar-refractivity contribution in [1.82, 2.24) is 19.5 Å². The van der Waals surface area contributed by atoms with E-state index >= 15 is 0 Å². The van der Waals surface area contributed by atoms with E-state index in [9.17, 15) is 0 Å². The fourth-order valence-electron chi connectivity index (χ4n) is 8.43. The number of fused-ring (bicyclic) bond motifs is 15. The summed E-state index contributed by atoms with van der Waals surface area (Å²) >= 11 is -0.918. The standard InChI is InChI=1S/C37H30Ge2N4S2/c1-19-40-20(2)42-37(41-19)43-31-21(15-17-25-29-23-11-7-9-13-27(23)39(5,6)36(29)45-34(25)31)22-16-18-26-30-33(44-35(26)32(22)43)24-12-8-10-14-28(24)38(30,3)4/h7-18H,1-6H3. The molecule has 0 aliphatic carbocycles. The van der Waals surface area contributed by atoms with Crippen molar-refractivity contribution in [3.63, 3.8) is 0 Å². The molecule has 4 aromatic carbocycles. The summed E-state index contributed by atoms with van der Waals surface area (Å²) in [6.45, 7) is 3.97. The van der Waals surface area contributed by atoms with Gasteiger partial charge in [-0.3, -0.25) is 0 Å². The maximum atomic E-state index is 5.02. The van der Waals surface area contributed by atoms with E-state index in [0.717, 1.165) is 17.6 Å². The van der Waals surface area contributed by atoms with Crippen LogP contribution in [0.25, 0.3) is 69.5 Å². The second-order valence-corrected chi connectivity index (χ2v) is 34.5. The zero-order valence-electron chi connectivity index (χ0n) is 26.0. The van der Waals surface area contributed by atoms with Gasteiger partial charge in [-0.2, -0.15) is 0 Å². The van der Waals surface area contributed by atoms with Crippen molar-refractivity contribution in [2.24, 2.45) is 0 Å². The molecule has 4 aromatic heterocycles. The van der Waals surface area contributed by atoms with Crippen LogP contribution in [0.15, 0.2) is 72.8 Å². The SMILES string of the molecule is Cc1nc(C)nc(-n2c3c(ccc4c5[c](sc43)[Ge]([CH3])([CH3])[c]3ccccc3-5)c3ccc4[c]5c(sc4c32)-c2cccc[c]2[Ge]5([CH3])[CH3])n1. The van der Waals surface area contributed by atoms with Crippen molar-refractivity contribution < 1.29 is 0 Å². The van der Waals surface area contributed by atoms with E-state index in [1.165, 1.54) is 63.5 Å². The van der Waals surface area contributed by atoms with E-state index < -0.39 is 26.5 Å². The second kappa shape index (κ2) is 8.73. The molecule has 2 aliphatic heterocycles. The predicted molar refractivity (Wildman–Crippen MR) is 199 cm³/mol. The first-order valence-corrected chi connectivity index (χ1v) is 29.8. The number of aromatic nitrogens is 4. The van der Waals surface area contributed by atoms with Crippen molar-refractivity contribution >= 4 is 108 Å². The zero-order chi connectivity index (χ0) is 30.6. The third-order valence-corrected chi connectivity index (χ3v) is 30.4. The first-order chi connectivity index (χ1) is 21.7. The van der Waals surface area contributed by atoms with Gasteiger partial charge in [0.2, 0.25) is 0 Å². The Kier molecular flexibility index (Phi) is 5.21. The summed E-state index contributed by atoms with van der Waals surface area (Å²) in [7, 11) is 0. The van der Waals surface area contributed by atoms with Gasteiger partial charge in [0.05, 0.1) is 0 Å². The van der Waals surface area contributed by atoms with Crippen LogP contribution in [0.2, 0.25) is 23.0 Å². The summed E-state index contributed by atoms with van der Waals surface area (Å²) < 4.78 is 11.6. The minimum absolute atomic E-state index is 0.726. The molecule has 2 aliphatic rings. The van der Waals surface area contributed by atoms with Crippen LogP contribution < -0.4 is 16.9 Å². The van der Waals surface area contributed by atoms with Gasteiger partial charge in [-0.25, -0.2) is 0 Å². The molecule has 0 saturated carbocycles. The summed E-state index contributed by atoms with van der Waals surface area (Å²) in [5.74, 6) is 12.5. The molecule has 4 nitrogen and oxygen atoms in total. The van der Waals surface area contributed by atoms with Crippen molar-refractivity contribution in [2.75, 3.05) is 0 Å². The van der Waals surface area contributed by atoms with Gasteiger partial charge in [0.25, 0.3) is 0 Å². The molecule has 45 heavy (non-hydrogen) atoms. The Labute approximate surface area is 274 Å². The van der Waals surface area contributed by atoms with E-state index in [-0.39, 0.29) is 0 Å². The summed E-state index contributed by atoms with van der Waals surface area (Å²) in [5, 5.41) is 5.35. The quantitative estimate of drug-likeness (QED) is 0.163. The average Bonchev–Trinajstić information content (AvgIpc) is 3.77. The van der Waals surface area contributed by atoms with Crippen LogP contribution >= 0.6 is 22.7 Å². The summed E-state index contributed by atoms with van der Waals surface area (Å²) in [4.78, 5) is 16.1. The normalized spacial score (nSPS) is 15.7. The Balaban J connectivity index is 1.41. The van der Waals surface area contributed by atoms with Gasteiger partial charge in [-0.05, 0) is 0 Å². The summed E-state index contributed by atoms with van der Waals surface area (Å²) in [5.41, 5.74) is 6.85. The number of rotatable bonds is 1. The van der Waals surface area contributed by atoms with E-state index in [4.69, 9.17) is 9.97 Å². The van der Waals surface area contributed by atoms with Crippen LogP contribution in [0.4, 0.5) is 0 Å². The fraction of sp³-hybridized carbons (Fsp3) is 0.162. The molecule has 8 aromatic rings. The third kappa shape index (κ3) is 3.26. The van der Waals surface area contributed by atoms with Crippen LogP contribution in [0.3, 0.4) is 0 Å². The molecule has 0 unspecified atom stereocenters. The number of benzene rings is 4. The first-order valence-electron chi connectivity index (χ1n) is 15.6. The Morgan fingerprint density at radius 2 is 1.13 bits per heavy atom. The van der Waals surface area contributed by atoms with Gasteiger partial charge < -0.3 is 0 Å². The van der Waals surface area contributed by atoms with Crippen LogP contribution in [-0.4, -0.2) is 46.1 Å². The molecule has 0 amide bonds. The number of hydrogen-bond acceptors (Lipinski definition) is 5. The van der Waals surface area contributed by atoms with Crippen LogP contribution in [0.1, 0.15) is 11.6 Å². The fourth-order valence-corrected chi connectivity index (χ4v) is 28.0. The van der Waals surface area contributed by atoms with Gasteiger partial charge in [-0.1, -0.05) is 0 Å². The van der Waals surface area contributed by atoms with Gasteiger partial charge in [0.15, 0.2) is 0 Å². The van der Waals surface area contributed by atoms with Crippen molar-refractivity contribution in [3.8, 4) is 27.5 Å². The number of aryl methyl sites for hydroxylation is 2. The number of hydrogen-bond donors (Lipinski definition) is 0. The van der Waals surface area contributed by atoms with Crippen LogP contribution in [-0.2, 0) is 0 Å². The molecule has 0 bridgehead atoms.